The zero-order chi connectivity index (χ0) is 10.3. The monoisotopic (exact) mass is 274 g/mol. The minimum absolute atomic E-state index is 0.0556. The summed E-state index contributed by atoms with van der Waals surface area (Å²) in [4.78, 5) is 14.7. The number of hydrogen-bond donors (Lipinski definition) is 1. The Morgan fingerprint density at radius 2 is 2.36 bits per heavy atom. The zero-order valence-corrected chi connectivity index (χ0v) is 9.15. The third-order valence-electron chi connectivity index (χ3n) is 1.71. The third kappa shape index (κ3) is 1.40. The molecule has 0 aliphatic heterocycles. The molecule has 72 valence electrons. The van der Waals surface area contributed by atoms with Crippen molar-refractivity contribution in [2.24, 2.45) is 5.73 Å². The lowest BCUT2D eigenvalue weighted by atomic mass is 10.3. The summed E-state index contributed by atoms with van der Waals surface area (Å²) in [7, 11) is 0. The summed E-state index contributed by atoms with van der Waals surface area (Å²) in [5, 5.41) is 0.366. The summed E-state index contributed by atoms with van der Waals surface area (Å²) in [6.45, 7) is 0. The van der Waals surface area contributed by atoms with Gasteiger partial charge in [-0.3, -0.25) is 4.79 Å². The molecule has 2 N–H and O–H groups in total. The number of halogens is 2. The van der Waals surface area contributed by atoms with E-state index in [9.17, 15) is 9.18 Å². The highest BCUT2D eigenvalue weighted by Crippen LogP contribution is 2.30. The number of fused-ring (bicyclic) bond motifs is 1. The average Bonchev–Trinajstić information content (AvgIpc) is 2.44. The van der Waals surface area contributed by atoms with Crippen LogP contribution in [0.2, 0.25) is 0 Å². The lowest BCUT2D eigenvalue weighted by molar-refractivity contribution is 0.100. The first kappa shape index (κ1) is 9.54. The molecule has 2 aromatic heterocycles. The van der Waals surface area contributed by atoms with E-state index in [1.54, 1.807) is 0 Å². The Morgan fingerprint density at radius 1 is 1.64 bits per heavy atom. The topological polar surface area (TPSA) is 56.0 Å². The normalized spacial score (nSPS) is 10.7. The van der Waals surface area contributed by atoms with Gasteiger partial charge in [0, 0.05) is 11.6 Å². The number of amides is 1. The number of nitrogens with two attached hydrogens (primary N) is 1. The Morgan fingerprint density at radius 3 is 3.00 bits per heavy atom. The average molecular weight is 275 g/mol. The summed E-state index contributed by atoms with van der Waals surface area (Å²) in [6.07, 6.45) is 1.50. The van der Waals surface area contributed by atoms with Crippen molar-refractivity contribution in [3.8, 4) is 0 Å². The highest BCUT2D eigenvalue weighted by Gasteiger charge is 2.16. The molecule has 3 nitrogen and oxygen atoms in total. The quantitative estimate of drug-likeness (QED) is 0.812. The molecular formula is C8H4BrFN2OS. The third-order valence-corrected chi connectivity index (χ3v) is 3.27. The summed E-state index contributed by atoms with van der Waals surface area (Å²) in [5.74, 6) is -1.32. The molecule has 0 atom stereocenters. The fraction of sp³-hybridized carbons (Fsp3) is 0. The second-order valence-corrected chi connectivity index (χ2v) is 4.48. The lowest BCUT2D eigenvalue weighted by Gasteiger charge is -1.89. The van der Waals surface area contributed by atoms with Crippen molar-refractivity contribution in [1.29, 1.82) is 0 Å². The van der Waals surface area contributed by atoms with E-state index in [1.807, 2.05) is 0 Å². The Kier molecular flexibility index (Phi) is 2.24. The number of pyridine rings is 1. The van der Waals surface area contributed by atoms with Crippen molar-refractivity contribution in [3.63, 3.8) is 0 Å². The molecule has 6 heteroatoms. The molecule has 0 aliphatic carbocycles. The molecule has 0 saturated heterocycles. The molecule has 0 saturated carbocycles. The van der Waals surface area contributed by atoms with E-state index >= 15 is 0 Å². The standard InChI is InChI=1S/C8H4BrFN2OS/c9-5-1-3-4(2-12-5)14-7(6(3)10)8(11)13/h1-2H,(H2,11,13). The van der Waals surface area contributed by atoms with Crippen LogP contribution in [0, 0.1) is 5.82 Å². The second kappa shape index (κ2) is 3.29. The maximum Gasteiger partial charge on any atom is 0.261 e. The molecule has 0 aliphatic rings. The van der Waals surface area contributed by atoms with Gasteiger partial charge < -0.3 is 5.73 Å². The van der Waals surface area contributed by atoms with Crippen molar-refractivity contribution < 1.29 is 9.18 Å². The Hall–Kier alpha value is -1.01. The number of hydrogen-bond acceptors (Lipinski definition) is 3. The molecule has 14 heavy (non-hydrogen) atoms. The smallest absolute Gasteiger partial charge is 0.261 e. The SMILES string of the molecule is NC(=O)c1sc2cnc(Br)cc2c1F. The summed E-state index contributed by atoms with van der Waals surface area (Å²) >= 11 is 4.13. The fourth-order valence-electron chi connectivity index (χ4n) is 1.11. The van der Waals surface area contributed by atoms with Gasteiger partial charge in [-0.25, -0.2) is 9.37 Å². The van der Waals surface area contributed by atoms with Gasteiger partial charge in [-0.05, 0) is 22.0 Å². The number of aromatic nitrogens is 1. The van der Waals surface area contributed by atoms with Gasteiger partial charge in [0.05, 0.1) is 4.70 Å². The van der Waals surface area contributed by atoms with E-state index in [0.29, 0.717) is 14.7 Å². The van der Waals surface area contributed by atoms with Gasteiger partial charge in [-0.2, -0.15) is 0 Å². The van der Waals surface area contributed by atoms with Gasteiger partial charge in [-0.1, -0.05) is 0 Å². The maximum atomic E-state index is 13.5. The molecule has 2 heterocycles. The van der Waals surface area contributed by atoms with Crippen LogP contribution in [0.4, 0.5) is 4.39 Å². The number of nitrogens with zero attached hydrogens (tertiary/aromatic N) is 1. The van der Waals surface area contributed by atoms with Crippen LogP contribution in [0.1, 0.15) is 9.67 Å². The van der Waals surface area contributed by atoms with Crippen LogP contribution < -0.4 is 5.73 Å². The number of carbonyl (C=O) groups excluding carboxylic acids is 1. The van der Waals surface area contributed by atoms with E-state index in [2.05, 4.69) is 20.9 Å². The van der Waals surface area contributed by atoms with Crippen LogP contribution in [0.15, 0.2) is 16.9 Å². The minimum Gasteiger partial charge on any atom is -0.365 e. The first-order valence-corrected chi connectivity index (χ1v) is 5.24. The minimum atomic E-state index is -0.750. The number of thiophene rings is 1. The van der Waals surface area contributed by atoms with Gasteiger partial charge in [-0.15, -0.1) is 11.3 Å². The van der Waals surface area contributed by atoms with Crippen molar-refractivity contribution in [2.45, 2.75) is 0 Å². The lowest BCUT2D eigenvalue weighted by Crippen LogP contribution is -2.10. The number of primary amides is 1. The summed E-state index contributed by atoms with van der Waals surface area (Å²) < 4.78 is 14.7. The van der Waals surface area contributed by atoms with Crippen LogP contribution in [-0.4, -0.2) is 10.9 Å². The van der Waals surface area contributed by atoms with Crippen LogP contribution in [0.25, 0.3) is 10.1 Å². The first-order chi connectivity index (χ1) is 6.59. The van der Waals surface area contributed by atoms with E-state index in [-0.39, 0.29) is 4.88 Å². The maximum absolute atomic E-state index is 13.5. The molecule has 0 radical (unpaired) electrons. The highest BCUT2D eigenvalue weighted by molar-refractivity contribution is 9.10. The van der Waals surface area contributed by atoms with Gasteiger partial charge in [0.15, 0.2) is 5.82 Å². The van der Waals surface area contributed by atoms with Gasteiger partial charge in [0.2, 0.25) is 0 Å². The van der Waals surface area contributed by atoms with Gasteiger partial charge in [0.1, 0.15) is 9.48 Å². The fourth-order valence-corrected chi connectivity index (χ4v) is 2.32. The van der Waals surface area contributed by atoms with Crippen molar-refractivity contribution in [1.82, 2.24) is 4.98 Å². The zero-order valence-electron chi connectivity index (χ0n) is 6.75. The number of carbonyl (C=O) groups is 1. The molecule has 2 rings (SSSR count). The molecular weight excluding hydrogens is 271 g/mol. The Labute approximate surface area is 90.9 Å². The van der Waals surface area contributed by atoms with Crippen LogP contribution >= 0.6 is 27.3 Å². The van der Waals surface area contributed by atoms with E-state index in [0.717, 1.165) is 11.3 Å². The molecule has 0 fully saturated rings. The van der Waals surface area contributed by atoms with Crippen molar-refractivity contribution >= 4 is 43.3 Å². The summed E-state index contributed by atoms with van der Waals surface area (Å²) in [5.41, 5.74) is 5.02. The Balaban J connectivity index is 2.80. The van der Waals surface area contributed by atoms with Crippen LogP contribution in [0.5, 0.6) is 0 Å². The van der Waals surface area contributed by atoms with E-state index in [1.165, 1.54) is 12.3 Å². The number of rotatable bonds is 1. The largest absolute Gasteiger partial charge is 0.365 e. The van der Waals surface area contributed by atoms with E-state index in [4.69, 9.17) is 5.73 Å². The van der Waals surface area contributed by atoms with Crippen molar-refractivity contribution in [2.75, 3.05) is 0 Å². The summed E-state index contributed by atoms with van der Waals surface area (Å²) in [6, 6.07) is 1.52. The highest BCUT2D eigenvalue weighted by atomic mass is 79.9. The predicted octanol–water partition coefficient (Wildman–Crippen LogP) is 2.30. The van der Waals surface area contributed by atoms with Crippen LogP contribution in [-0.2, 0) is 0 Å². The van der Waals surface area contributed by atoms with Crippen LogP contribution in [0.3, 0.4) is 0 Å². The van der Waals surface area contributed by atoms with Crippen molar-refractivity contribution in [3.05, 3.63) is 27.6 Å². The first-order valence-electron chi connectivity index (χ1n) is 3.63. The molecule has 0 bridgehead atoms. The van der Waals surface area contributed by atoms with Gasteiger partial charge in [0.25, 0.3) is 5.91 Å². The molecule has 0 unspecified atom stereocenters. The predicted molar refractivity (Wildman–Crippen MR) is 55.8 cm³/mol. The molecule has 1 amide bonds. The van der Waals surface area contributed by atoms with Gasteiger partial charge >= 0.3 is 0 Å². The Bertz CT molecular complexity index is 525. The molecule has 2 aromatic rings. The second-order valence-electron chi connectivity index (χ2n) is 2.61. The van der Waals surface area contributed by atoms with E-state index < -0.39 is 11.7 Å². The molecule has 0 aromatic carbocycles. The molecule has 0 spiro atoms.